The second kappa shape index (κ2) is 7.56. The highest BCUT2D eigenvalue weighted by Crippen LogP contribution is 2.32. The van der Waals surface area contributed by atoms with Crippen LogP contribution < -0.4 is 5.32 Å². The van der Waals surface area contributed by atoms with Gasteiger partial charge in [0.2, 0.25) is 5.28 Å². The van der Waals surface area contributed by atoms with Gasteiger partial charge in [0.25, 0.3) is 0 Å². The molecular formula is C18H17ClF3N5. The van der Waals surface area contributed by atoms with Crippen LogP contribution in [0.15, 0.2) is 42.7 Å². The van der Waals surface area contributed by atoms with E-state index in [1.165, 1.54) is 4.57 Å². The molecule has 1 N–H and O–H groups in total. The third-order valence-electron chi connectivity index (χ3n) is 3.89. The Morgan fingerprint density at radius 3 is 2.41 bits per heavy atom. The number of nitrogens with one attached hydrogen (secondary N) is 1. The molecule has 27 heavy (non-hydrogen) atoms. The van der Waals surface area contributed by atoms with Crippen molar-refractivity contribution in [2.45, 2.75) is 32.6 Å². The lowest BCUT2D eigenvalue weighted by atomic mass is 10.1. The number of halogens is 4. The van der Waals surface area contributed by atoms with Crippen LogP contribution in [0, 0.1) is 0 Å². The van der Waals surface area contributed by atoms with Gasteiger partial charge >= 0.3 is 6.18 Å². The van der Waals surface area contributed by atoms with E-state index in [2.05, 4.69) is 20.3 Å². The Balaban J connectivity index is 1.80. The van der Waals surface area contributed by atoms with Crippen LogP contribution in [0.4, 0.5) is 19.0 Å². The maximum absolute atomic E-state index is 13.0. The fourth-order valence-electron chi connectivity index (χ4n) is 2.54. The predicted molar refractivity (Wildman–Crippen MR) is 97.4 cm³/mol. The second-order valence-electron chi connectivity index (χ2n) is 6.21. The van der Waals surface area contributed by atoms with E-state index in [0.29, 0.717) is 23.8 Å². The number of aromatic nitrogens is 4. The summed E-state index contributed by atoms with van der Waals surface area (Å²) >= 11 is 5.74. The van der Waals surface area contributed by atoms with Crippen LogP contribution in [0.2, 0.25) is 5.28 Å². The van der Waals surface area contributed by atoms with E-state index in [4.69, 9.17) is 11.6 Å². The summed E-state index contributed by atoms with van der Waals surface area (Å²) in [6.45, 7) is 4.12. The van der Waals surface area contributed by atoms with Crippen LogP contribution >= 0.6 is 11.6 Å². The Labute approximate surface area is 159 Å². The number of alkyl halides is 3. The molecule has 9 heteroatoms. The molecule has 2 heterocycles. The van der Waals surface area contributed by atoms with Crippen molar-refractivity contribution in [2.75, 3.05) is 5.32 Å². The van der Waals surface area contributed by atoms with E-state index in [1.807, 2.05) is 26.0 Å². The molecule has 0 bridgehead atoms. The standard InChI is InChI=1S/C18H17ClF3N5/c1-11(2)27-10-14(18(20,21)22)25-16(27)13-5-3-12(4-6-13)9-24-15-7-8-23-17(19)26-15/h3-8,10-11H,9H2,1-2H3,(H,23,24,26). The van der Waals surface area contributed by atoms with Gasteiger partial charge in [-0.05, 0) is 37.1 Å². The highest BCUT2D eigenvalue weighted by molar-refractivity contribution is 6.28. The SMILES string of the molecule is CC(C)n1cc(C(F)(F)F)nc1-c1ccc(CNc2ccnc(Cl)n2)cc1. The minimum atomic E-state index is -4.47. The summed E-state index contributed by atoms with van der Waals surface area (Å²) < 4.78 is 40.6. The van der Waals surface area contributed by atoms with Crippen molar-refractivity contribution in [1.82, 2.24) is 19.5 Å². The highest BCUT2D eigenvalue weighted by atomic mass is 35.5. The molecule has 3 rings (SSSR count). The molecule has 142 valence electrons. The van der Waals surface area contributed by atoms with Gasteiger partial charge in [0, 0.05) is 30.5 Å². The minimum absolute atomic E-state index is 0.146. The van der Waals surface area contributed by atoms with Gasteiger partial charge < -0.3 is 9.88 Å². The van der Waals surface area contributed by atoms with Crippen LogP contribution in [0.3, 0.4) is 0 Å². The van der Waals surface area contributed by atoms with Gasteiger partial charge in [-0.1, -0.05) is 24.3 Å². The molecule has 0 atom stereocenters. The Kier molecular flexibility index (Phi) is 5.36. The molecule has 0 aliphatic heterocycles. The number of hydrogen-bond acceptors (Lipinski definition) is 4. The van der Waals surface area contributed by atoms with E-state index in [0.717, 1.165) is 11.8 Å². The normalized spacial score (nSPS) is 11.8. The summed E-state index contributed by atoms with van der Waals surface area (Å²) in [6, 6.07) is 8.72. The van der Waals surface area contributed by atoms with Crippen molar-refractivity contribution >= 4 is 17.4 Å². The quantitative estimate of drug-likeness (QED) is 0.603. The molecule has 0 spiro atoms. The summed E-state index contributed by atoms with van der Waals surface area (Å²) in [7, 11) is 0. The average Bonchev–Trinajstić information content (AvgIpc) is 3.06. The van der Waals surface area contributed by atoms with E-state index < -0.39 is 11.9 Å². The monoisotopic (exact) mass is 395 g/mol. The van der Waals surface area contributed by atoms with Gasteiger partial charge in [-0.3, -0.25) is 0 Å². The molecule has 0 fully saturated rings. The van der Waals surface area contributed by atoms with Crippen LogP contribution in [0.5, 0.6) is 0 Å². The van der Waals surface area contributed by atoms with Crippen molar-refractivity contribution in [3.8, 4) is 11.4 Å². The van der Waals surface area contributed by atoms with Gasteiger partial charge in [-0.2, -0.15) is 13.2 Å². The van der Waals surface area contributed by atoms with E-state index in [-0.39, 0.29) is 11.3 Å². The number of anilines is 1. The molecule has 0 unspecified atom stereocenters. The first-order chi connectivity index (χ1) is 12.7. The Bertz CT molecular complexity index is 919. The molecular weight excluding hydrogens is 379 g/mol. The molecule has 0 amide bonds. The number of imidazole rings is 1. The first kappa shape index (κ1) is 19.2. The topological polar surface area (TPSA) is 55.6 Å². The summed E-state index contributed by atoms with van der Waals surface area (Å²) in [5.41, 5.74) is 0.665. The average molecular weight is 396 g/mol. The molecule has 0 saturated carbocycles. The molecule has 1 aromatic carbocycles. The first-order valence-electron chi connectivity index (χ1n) is 8.22. The molecule has 5 nitrogen and oxygen atoms in total. The number of rotatable bonds is 5. The van der Waals surface area contributed by atoms with Gasteiger partial charge in [0.1, 0.15) is 11.6 Å². The van der Waals surface area contributed by atoms with Gasteiger partial charge in [-0.25, -0.2) is 15.0 Å². The van der Waals surface area contributed by atoms with Gasteiger partial charge in [-0.15, -0.1) is 0 Å². The maximum Gasteiger partial charge on any atom is 0.434 e. The Morgan fingerprint density at radius 2 is 1.81 bits per heavy atom. The minimum Gasteiger partial charge on any atom is -0.366 e. The lowest BCUT2D eigenvalue weighted by Crippen LogP contribution is -2.05. The van der Waals surface area contributed by atoms with Crippen molar-refractivity contribution < 1.29 is 13.2 Å². The Hall–Kier alpha value is -2.61. The number of hydrogen-bond donors (Lipinski definition) is 1. The van der Waals surface area contributed by atoms with Crippen molar-refractivity contribution in [3.63, 3.8) is 0 Å². The lowest BCUT2D eigenvalue weighted by molar-refractivity contribution is -0.140. The third-order valence-corrected chi connectivity index (χ3v) is 4.07. The van der Waals surface area contributed by atoms with Crippen LogP contribution in [-0.4, -0.2) is 19.5 Å². The summed E-state index contributed by atoms with van der Waals surface area (Å²) in [4.78, 5) is 11.6. The zero-order valence-corrected chi connectivity index (χ0v) is 15.4. The highest BCUT2D eigenvalue weighted by Gasteiger charge is 2.35. The van der Waals surface area contributed by atoms with Gasteiger partial charge in [0.15, 0.2) is 5.69 Å². The second-order valence-corrected chi connectivity index (χ2v) is 6.55. The molecule has 2 aromatic heterocycles. The third kappa shape index (κ3) is 4.57. The van der Waals surface area contributed by atoms with Crippen LogP contribution in [-0.2, 0) is 12.7 Å². The van der Waals surface area contributed by atoms with Crippen molar-refractivity contribution in [1.29, 1.82) is 0 Å². The van der Waals surface area contributed by atoms with Crippen molar-refractivity contribution in [2.24, 2.45) is 0 Å². The number of benzene rings is 1. The zero-order valence-electron chi connectivity index (χ0n) is 14.6. The molecule has 3 aromatic rings. The summed E-state index contributed by atoms with van der Waals surface area (Å²) in [5.74, 6) is 0.878. The van der Waals surface area contributed by atoms with Crippen LogP contribution in [0.1, 0.15) is 31.1 Å². The van der Waals surface area contributed by atoms with Gasteiger partial charge in [0.05, 0.1) is 0 Å². The first-order valence-corrected chi connectivity index (χ1v) is 8.59. The zero-order chi connectivity index (χ0) is 19.6. The van der Waals surface area contributed by atoms with E-state index in [9.17, 15) is 13.2 Å². The fourth-order valence-corrected chi connectivity index (χ4v) is 2.68. The van der Waals surface area contributed by atoms with Crippen LogP contribution in [0.25, 0.3) is 11.4 Å². The van der Waals surface area contributed by atoms with E-state index >= 15 is 0 Å². The number of nitrogens with zero attached hydrogens (tertiary/aromatic N) is 4. The largest absolute Gasteiger partial charge is 0.434 e. The summed E-state index contributed by atoms with van der Waals surface area (Å²) in [6.07, 6.45) is -1.88. The maximum atomic E-state index is 13.0. The Morgan fingerprint density at radius 1 is 1.11 bits per heavy atom. The summed E-state index contributed by atoms with van der Waals surface area (Å²) in [5, 5.41) is 3.26. The lowest BCUT2D eigenvalue weighted by Gasteiger charge is -2.12. The molecule has 0 saturated heterocycles. The predicted octanol–water partition coefficient (Wildman–Crippen LogP) is 5.21. The molecule has 0 radical (unpaired) electrons. The molecule has 0 aliphatic carbocycles. The van der Waals surface area contributed by atoms with Crippen molar-refractivity contribution in [3.05, 3.63) is 59.3 Å². The fraction of sp³-hybridized carbons (Fsp3) is 0.278. The van der Waals surface area contributed by atoms with E-state index in [1.54, 1.807) is 24.4 Å². The smallest absolute Gasteiger partial charge is 0.366 e. The molecule has 0 aliphatic rings.